The van der Waals surface area contributed by atoms with E-state index in [4.69, 9.17) is 9.47 Å². The number of aromatic nitrogens is 1. The van der Waals surface area contributed by atoms with Crippen LogP contribution in [0.5, 0.6) is 5.75 Å². The smallest absolute Gasteiger partial charge is 0.321 e. The zero-order chi connectivity index (χ0) is 20.9. The Morgan fingerprint density at radius 3 is 2.60 bits per heavy atom. The SMILES string of the molecule is CCOc1ccccc1NC(=O)N1CCC(N2C[C@@H](OC)[C@H]2c2ccncc2)CC1. The second-order valence-corrected chi connectivity index (χ2v) is 7.77. The second-order valence-electron chi connectivity index (χ2n) is 7.77. The highest BCUT2D eigenvalue weighted by Crippen LogP contribution is 2.39. The number of para-hydroxylation sites is 2. The van der Waals surface area contributed by atoms with Gasteiger partial charge in [-0.25, -0.2) is 4.79 Å². The number of amides is 2. The average molecular weight is 411 g/mol. The fraction of sp³-hybridized carbons (Fsp3) is 0.478. The van der Waals surface area contributed by atoms with Crippen LogP contribution in [0, 0.1) is 0 Å². The molecule has 0 unspecified atom stereocenters. The van der Waals surface area contributed by atoms with E-state index in [1.54, 1.807) is 7.11 Å². The largest absolute Gasteiger partial charge is 0.492 e. The van der Waals surface area contributed by atoms with Crippen molar-refractivity contribution in [1.29, 1.82) is 0 Å². The molecule has 7 heteroatoms. The van der Waals surface area contributed by atoms with Gasteiger partial charge in [0.05, 0.1) is 24.4 Å². The van der Waals surface area contributed by atoms with Crippen LogP contribution < -0.4 is 10.1 Å². The number of methoxy groups -OCH3 is 1. The molecule has 160 valence electrons. The van der Waals surface area contributed by atoms with E-state index < -0.39 is 0 Å². The van der Waals surface area contributed by atoms with Gasteiger partial charge in [-0.05, 0) is 49.6 Å². The van der Waals surface area contributed by atoms with Gasteiger partial charge in [0.1, 0.15) is 5.75 Å². The number of hydrogen-bond acceptors (Lipinski definition) is 5. The molecule has 2 amide bonds. The first-order valence-electron chi connectivity index (χ1n) is 10.7. The Labute approximate surface area is 178 Å². The highest BCUT2D eigenvalue weighted by molar-refractivity contribution is 5.91. The molecule has 2 saturated heterocycles. The molecule has 4 rings (SSSR count). The van der Waals surface area contributed by atoms with E-state index >= 15 is 0 Å². The van der Waals surface area contributed by atoms with Gasteiger partial charge in [0.2, 0.25) is 0 Å². The van der Waals surface area contributed by atoms with Gasteiger partial charge in [-0.3, -0.25) is 9.88 Å². The van der Waals surface area contributed by atoms with E-state index in [1.807, 2.05) is 48.5 Å². The summed E-state index contributed by atoms with van der Waals surface area (Å²) in [5, 5.41) is 3.01. The van der Waals surface area contributed by atoms with Gasteiger partial charge in [0.15, 0.2) is 0 Å². The molecule has 2 aromatic rings. The Hall–Kier alpha value is -2.64. The number of hydrogen-bond donors (Lipinski definition) is 1. The number of likely N-dealkylation sites (tertiary alicyclic amines) is 2. The normalized spacial score (nSPS) is 22.4. The summed E-state index contributed by atoms with van der Waals surface area (Å²) in [5.74, 6) is 0.703. The van der Waals surface area contributed by atoms with Crippen LogP contribution in [0.3, 0.4) is 0 Å². The molecular formula is C23H30N4O3. The van der Waals surface area contributed by atoms with E-state index in [1.165, 1.54) is 5.56 Å². The van der Waals surface area contributed by atoms with Gasteiger partial charge in [-0.2, -0.15) is 0 Å². The van der Waals surface area contributed by atoms with Crippen LogP contribution in [-0.4, -0.2) is 66.3 Å². The fourth-order valence-electron chi connectivity index (χ4n) is 4.49. The lowest BCUT2D eigenvalue weighted by Crippen LogP contribution is -2.60. The van der Waals surface area contributed by atoms with Crippen LogP contribution in [0.4, 0.5) is 10.5 Å². The average Bonchev–Trinajstić information content (AvgIpc) is 2.76. The number of benzene rings is 1. The second kappa shape index (κ2) is 9.45. The summed E-state index contributed by atoms with van der Waals surface area (Å²) in [6.07, 6.45) is 5.80. The van der Waals surface area contributed by atoms with Crippen molar-refractivity contribution in [3.8, 4) is 5.75 Å². The Morgan fingerprint density at radius 1 is 1.17 bits per heavy atom. The summed E-state index contributed by atoms with van der Waals surface area (Å²) in [5.41, 5.74) is 1.96. The quantitative estimate of drug-likeness (QED) is 0.789. The van der Waals surface area contributed by atoms with Crippen molar-refractivity contribution in [2.45, 2.75) is 38.0 Å². The van der Waals surface area contributed by atoms with E-state index in [0.717, 1.165) is 38.2 Å². The Kier molecular flexibility index (Phi) is 6.50. The van der Waals surface area contributed by atoms with Crippen LogP contribution >= 0.6 is 0 Å². The summed E-state index contributed by atoms with van der Waals surface area (Å²) in [6, 6.07) is 12.4. The molecule has 0 radical (unpaired) electrons. The van der Waals surface area contributed by atoms with Gasteiger partial charge in [0.25, 0.3) is 0 Å². The minimum absolute atomic E-state index is 0.0651. The number of nitrogens with zero attached hydrogens (tertiary/aromatic N) is 3. The zero-order valence-corrected chi connectivity index (χ0v) is 17.7. The van der Waals surface area contributed by atoms with Crippen molar-refractivity contribution in [1.82, 2.24) is 14.8 Å². The van der Waals surface area contributed by atoms with E-state index in [-0.39, 0.29) is 18.2 Å². The molecule has 2 fully saturated rings. The maximum atomic E-state index is 12.8. The first kappa shape index (κ1) is 20.6. The standard InChI is InChI=1S/C23H30N4O3/c1-3-30-20-7-5-4-6-19(20)25-23(28)26-14-10-18(11-15-26)27-16-21(29-2)22(27)17-8-12-24-13-9-17/h4-9,12-13,18,21-22H,3,10-11,14-16H2,1-2H3,(H,25,28)/t21-,22-/m1/s1. The Morgan fingerprint density at radius 2 is 1.90 bits per heavy atom. The fourth-order valence-corrected chi connectivity index (χ4v) is 4.49. The molecule has 0 bridgehead atoms. The predicted molar refractivity (Wildman–Crippen MR) is 116 cm³/mol. The minimum atomic E-state index is -0.0651. The number of rotatable bonds is 6. The third kappa shape index (κ3) is 4.27. The maximum absolute atomic E-state index is 12.8. The van der Waals surface area contributed by atoms with Crippen LogP contribution in [0.1, 0.15) is 31.4 Å². The first-order chi connectivity index (χ1) is 14.7. The van der Waals surface area contributed by atoms with Gasteiger partial charge < -0.3 is 19.7 Å². The topological polar surface area (TPSA) is 66.9 Å². The number of carbonyl (C=O) groups is 1. The van der Waals surface area contributed by atoms with Crippen molar-refractivity contribution in [3.05, 3.63) is 54.4 Å². The maximum Gasteiger partial charge on any atom is 0.321 e. The van der Waals surface area contributed by atoms with E-state index in [0.29, 0.717) is 18.4 Å². The lowest BCUT2D eigenvalue weighted by molar-refractivity contribution is -0.115. The lowest BCUT2D eigenvalue weighted by atomic mass is 9.87. The molecular weight excluding hydrogens is 380 g/mol. The number of anilines is 1. The van der Waals surface area contributed by atoms with Crippen molar-refractivity contribution in [3.63, 3.8) is 0 Å². The summed E-state index contributed by atoms with van der Waals surface area (Å²) >= 11 is 0. The molecule has 0 aliphatic carbocycles. The van der Waals surface area contributed by atoms with Crippen LogP contribution in [0.15, 0.2) is 48.8 Å². The molecule has 1 aromatic heterocycles. The Balaban J connectivity index is 1.34. The third-order valence-corrected chi connectivity index (χ3v) is 6.10. The molecule has 0 saturated carbocycles. The van der Waals surface area contributed by atoms with Gasteiger partial charge in [0, 0.05) is 45.2 Å². The monoisotopic (exact) mass is 410 g/mol. The van der Waals surface area contributed by atoms with Crippen molar-refractivity contribution in [2.75, 3.05) is 38.7 Å². The van der Waals surface area contributed by atoms with Crippen LogP contribution in [0.2, 0.25) is 0 Å². The molecule has 1 N–H and O–H groups in total. The minimum Gasteiger partial charge on any atom is -0.492 e. The van der Waals surface area contributed by atoms with Gasteiger partial charge >= 0.3 is 6.03 Å². The molecule has 1 aromatic carbocycles. The number of nitrogens with one attached hydrogen (secondary N) is 1. The molecule has 0 spiro atoms. The predicted octanol–water partition coefficient (Wildman–Crippen LogP) is 3.55. The van der Waals surface area contributed by atoms with E-state index in [9.17, 15) is 4.79 Å². The molecule has 2 aliphatic heterocycles. The van der Waals surface area contributed by atoms with E-state index in [2.05, 4.69) is 27.3 Å². The van der Waals surface area contributed by atoms with Crippen LogP contribution in [0.25, 0.3) is 0 Å². The number of urea groups is 1. The zero-order valence-electron chi connectivity index (χ0n) is 17.7. The highest BCUT2D eigenvalue weighted by atomic mass is 16.5. The van der Waals surface area contributed by atoms with Gasteiger partial charge in [-0.1, -0.05) is 12.1 Å². The third-order valence-electron chi connectivity index (χ3n) is 6.10. The summed E-state index contributed by atoms with van der Waals surface area (Å²) < 4.78 is 11.3. The molecule has 3 heterocycles. The lowest BCUT2D eigenvalue weighted by Gasteiger charge is -2.53. The van der Waals surface area contributed by atoms with Crippen molar-refractivity contribution < 1.29 is 14.3 Å². The number of ether oxygens (including phenoxy) is 2. The molecule has 30 heavy (non-hydrogen) atoms. The van der Waals surface area contributed by atoms with Crippen molar-refractivity contribution in [2.24, 2.45) is 0 Å². The highest BCUT2D eigenvalue weighted by Gasteiger charge is 2.44. The number of carbonyl (C=O) groups excluding carboxylic acids is 1. The first-order valence-corrected chi connectivity index (χ1v) is 10.7. The van der Waals surface area contributed by atoms with Crippen molar-refractivity contribution >= 4 is 11.7 Å². The summed E-state index contributed by atoms with van der Waals surface area (Å²) in [7, 11) is 1.78. The number of piperidine rings is 1. The molecule has 7 nitrogen and oxygen atoms in total. The van der Waals surface area contributed by atoms with Gasteiger partial charge in [-0.15, -0.1) is 0 Å². The van der Waals surface area contributed by atoms with Crippen LogP contribution in [-0.2, 0) is 4.74 Å². The summed E-state index contributed by atoms with van der Waals surface area (Å²) in [4.78, 5) is 21.3. The Bertz CT molecular complexity index is 839. The number of pyridine rings is 1. The molecule has 2 aliphatic rings. The molecule has 2 atom stereocenters. The summed E-state index contributed by atoms with van der Waals surface area (Å²) in [6.45, 7) is 4.92.